The molecule has 0 N–H and O–H groups in total. The molecule has 1 aliphatic heterocycles. The molecular weight excluding hydrogens is 372 g/mol. The summed E-state index contributed by atoms with van der Waals surface area (Å²) in [6.45, 7) is 0.114. The highest BCUT2D eigenvalue weighted by molar-refractivity contribution is 5.93. The van der Waals surface area contributed by atoms with E-state index >= 15 is 0 Å². The van der Waals surface area contributed by atoms with Gasteiger partial charge in [-0.3, -0.25) is 9.48 Å². The van der Waals surface area contributed by atoms with Crippen LogP contribution in [0.2, 0.25) is 0 Å². The van der Waals surface area contributed by atoms with Crippen LogP contribution in [0.5, 0.6) is 5.75 Å². The maximum atomic E-state index is 14.2. The fraction of sp³-hybridized carbons (Fsp3) is 0.412. The summed E-state index contributed by atoms with van der Waals surface area (Å²) in [4.78, 5) is 11.3. The van der Waals surface area contributed by atoms with Crippen molar-refractivity contribution in [3.63, 3.8) is 0 Å². The van der Waals surface area contributed by atoms with Crippen LogP contribution in [0.3, 0.4) is 0 Å². The van der Waals surface area contributed by atoms with Gasteiger partial charge < -0.3 is 14.2 Å². The van der Waals surface area contributed by atoms with E-state index in [0.717, 1.165) is 6.07 Å². The summed E-state index contributed by atoms with van der Waals surface area (Å²) in [7, 11) is 0. The summed E-state index contributed by atoms with van der Waals surface area (Å²) in [6, 6.07) is 3.84. The molecule has 1 aliphatic rings. The van der Waals surface area contributed by atoms with E-state index in [4.69, 9.17) is 4.74 Å². The zero-order valence-electron chi connectivity index (χ0n) is 14.3. The van der Waals surface area contributed by atoms with E-state index < -0.39 is 24.4 Å². The second-order valence-electron chi connectivity index (χ2n) is 5.98. The van der Waals surface area contributed by atoms with Crippen LogP contribution >= 0.6 is 0 Å². The molecule has 146 valence electrons. The Morgan fingerprint density at radius 3 is 2.59 bits per heavy atom. The number of hydrogen-bond acceptors (Lipinski definition) is 5. The molecule has 0 radical (unpaired) electrons. The average Bonchev–Trinajstić information content (AvgIpc) is 3.23. The van der Waals surface area contributed by atoms with Crippen molar-refractivity contribution in [2.24, 2.45) is 0 Å². The van der Waals surface area contributed by atoms with Gasteiger partial charge in [-0.25, -0.2) is 4.39 Å². The van der Waals surface area contributed by atoms with E-state index in [-0.39, 0.29) is 31.3 Å². The molecule has 0 spiro atoms. The Morgan fingerprint density at radius 1 is 1.33 bits per heavy atom. The molecule has 0 atom stereocenters. The Bertz CT molecular complexity index is 829. The Labute approximate surface area is 151 Å². The monoisotopic (exact) mass is 388 g/mol. The molecule has 0 saturated carbocycles. The van der Waals surface area contributed by atoms with Gasteiger partial charge in [0.25, 0.3) is 0 Å². The van der Waals surface area contributed by atoms with Gasteiger partial charge in [0.05, 0.1) is 31.5 Å². The number of rotatable bonds is 6. The lowest BCUT2D eigenvalue weighted by molar-refractivity contribution is -0.350. The molecule has 6 nitrogen and oxygen atoms in total. The maximum absolute atomic E-state index is 14.2. The Kier molecular flexibility index (Phi) is 5.20. The normalized spacial score (nSPS) is 16.5. The maximum Gasteiger partial charge on any atom is 0.447 e. The Balaban J connectivity index is 1.68. The molecule has 10 heteroatoms. The van der Waals surface area contributed by atoms with Crippen molar-refractivity contribution in [3.8, 4) is 5.75 Å². The number of ether oxygens (including phenoxy) is 3. The van der Waals surface area contributed by atoms with Gasteiger partial charge in [-0.05, 0) is 24.6 Å². The second kappa shape index (κ2) is 7.28. The van der Waals surface area contributed by atoms with Gasteiger partial charge in [-0.15, -0.1) is 0 Å². The first-order valence-electron chi connectivity index (χ1n) is 7.99. The van der Waals surface area contributed by atoms with Gasteiger partial charge >= 0.3 is 12.0 Å². The first kappa shape index (κ1) is 19.3. The molecule has 1 aromatic carbocycles. The highest BCUT2D eigenvalue weighted by Crippen LogP contribution is 2.38. The van der Waals surface area contributed by atoms with E-state index in [2.05, 4.69) is 14.6 Å². The first-order valence-corrected chi connectivity index (χ1v) is 7.99. The largest absolute Gasteiger partial charge is 0.484 e. The third-order valence-electron chi connectivity index (χ3n) is 3.98. The van der Waals surface area contributed by atoms with Crippen LogP contribution in [0.15, 0.2) is 30.6 Å². The van der Waals surface area contributed by atoms with Gasteiger partial charge in [0.1, 0.15) is 0 Å². The van der Waals surface area contributed by atoms with Crippen LogP contribution in [0.1, 0.15) is 22.8 Å². The summed E-state index contributed by atoms with van der Waals surface area (Å²) >= 11 is 0. The Morgan fingerprint density at radius 2 is 2.04 bits per heavy atom. The first-order chi connectivity index (χ1) is 12.7. The van der Waals surface area contributed by atoms with Gasteiger partial charge in [0.15, 0.2) is 24.0 Å². The van der Waals surface area contributed by atoms with Crippen LogP contribution in [-0.4, -0.2) is 47.3 Å². The lowest BCUT2D eigenvalue weighted by Gasteiger charge is -2.29. The molecule has 0 unspecified atom stereocenters. The van der Waals surface area contributed by atoms with Crippen molar-refractivity contribution >= 4 is 5.78 Å². The minimum Gasteiger partial charge on any atom is -0.484 e. The van der Waals surface area contributed by atoms with E-state index in [0.29, 0.717) is 11.1 Å². The van der Waals surface area contributed by atoms with Gasteiger partial charge in [0.2, 0.25) is 0 Å². The minimum absolute atomic E-state index is 0.147. The number of hydrogen-bond donors (Lipinski definition) is 0. The summed E-state index contributed by atoms with van der Waals surface area (Å²) in [5.41, 5.74) is 0.918. The minimum atomic E-state index is -4.81. The smallest absolute Gasteiger partial charge is 0.447 e. The molecule has 2 heterocycles. The third-order valence-corrected chi connectivity index (χ3v) is 3.98. The highest BCUT2D eigenvalue weighted by Gasteiger charge is 2.61. The van der Waals surface area contributed by atoms with Gasteiger partial charge in [-0.1, -0.05) is 6.07 Å². The van der Waals surface area contributed by atoms with Crippen molar-refractivity contribution < 1.29 is 36.6 Å². The number of aromatic nitrogens is 2. The summed E-state index contributed by atoms with van der Waals surface area (Å²) in [5, 5.41) is 3.99. The van der Waals surface area contributed by atoms with Crippen molar-refractivity contribution in [2.75, 3.05) is 19.8 Å². The van der Waals surface area contributed by atoms with E-state index in [1.807, 2.05) is 0 Å². The van der Waals surface area contributed by atoms with Crippen molar-refractivity contribution in [3.05, 3.63) is 47.5 Å². The van der Waals surface area contributed by atoms with Crippen molar-refractivity contribution in [2.45, 2.75) is 25.4 Å². The molecule has 0 amide bonds. The predicted octanol–water partition coefficient (Wildman–Crippen LogP) is 2.96. The average molecular weight is 388 g/mol. The van der Waals surface area contributed by atoms with Crippen molar-refractivity contribution in [1.29, 1.82) is 0 Å². The number of Topliss-reactive ketones (excluding diaryl/α,β-unsaturated/α-hetero) is 1. The number of carbonyl (C=O) groups is 1. The van der Waals surface area contributed by atoms with Crippen molar-refractivity contribution in [1.82, 2.24) is 9.78 Å². The summed E-state index contributed by atoms with van der Waals surface area (Å²) in [5.74, 6) is -4.23. The summed E-state index contributed by atoms with van der Waals surface area (Å²) < 4.78 is 69.3. The number of halogens is 4. The molecule has 27 heavy (non-hydrogen) atoms. The zero-order valence-corrected chi connectivity index (χ0v) is 14.3. The fourth-order valence-electron chi connectivity index (χ4n) is 2.53. The molecule has 0 bridgehead atoms. The van der Waals surface area contributed by atoms with Crippen LogP contribution in [0.25, 0.3) is 0 Å². The lowest BCUT2D eigenvalue weighted by atomic mass is 10.2. The molecule has 3 rings (SSSR count). The lowest BCUT2D eigenvalue weighted by Crippen LogP contribution is -2.51. The number of carbonyl (C=O) groups excluding carboxylic acids is 1. The zero-order chi connectivity index (χ0) is 19.7. The molecule has 2 aromatic rings. The molecule has 1 saturated heterocycles. The fourth-order valence-corrected chi connectivity index (χ4v) is 2.53. The standard InChI is InChI=1S/C17H16F4N2O4/c1-11(24)13-7-22-23(9-13)8-12-2-3-15(14(18)6-12)25-10-16(17(19,20)21)26-4-5-27-16/h2-3,6-7,9H,4-5,8,10H2,1H3. The van der Waals surface area contributed by atoms with E-state index in [1.165, 1.54) is 36.1 Å². The van der Waals surface area contributed by atoms with E-state index in [1.54, 1.807) is 0 Å². The molecule has 0 aliphatic carbocycles. The third kappa shape index (κ3) is 4.11. The number of ketones is 1. The second-order valence-corrected chi connectivity index (χ2v) is 5.98. The number of alkyl halides is 3. The highest BCUT2D eigenvalue weighted by atomic mass is 19.4. The van der Waals surface area contributed by atoms with E-state index in [9.17, 15) is 22.4 Å². The predicted molar refractivity (Wildman–Crippen MR) is 83.9 cm³/mol. The SMILES string of the molecule is CC(=O)c1cnn(Cc2ccc(OCC3(C(F)(F)F)OCCO3)c(F)c2)c1. The Hall–Kier alpha value is -2.46. The van der Waals surface area contributed by atoms with Gasteiger partial charge in [0, 0.05) is 6.20 Å². The quantitative estimate of drug-likeness (QED) is 0.563. The van der Waals surface area contributed by atoms with Crippen LogP contribution < -0.4 is 4.74 Å². The molecule has 1 aromatic heterocycles. The van der Waals surface area contributed by atoms with Gasteiger partial charge in [-0.2, -0.15) is 18.3 Å². The van der Waals surface area contributed by atoms with Crippen LogP contribution in [0.4, 0.5) is 17.6 Å². The number of nitrogens with zero attached hydrogens (tertiary/aromatic N) is 2. The molecule has 1 fully saturated rings. The topological polar surface area (TPSA) is 62.6 Å². The number of benzene rings is 1. The van der Waals surface area contributed by atoms with Crippen LogP contribution in [0, 0.1) is 5.82 Å². The molecular formula is C17H16F4N2O4. The summed E-state index contributed by atoms with van der Waals surface area (Å²) in [6.07, 6.45) is -1.89. The van der Waals surface area contributed by atoms with Crippen LogP contribution in [-0.2, 0) is 16.0 Å².